The molecule has 6 heteroatoms. The molecule has 3 heterocycles. The summed E-state index contributed by atoms with van der Waals surface area (Å²) in [5.41, 5.74) is 0. The van der Waals surface area contributed by atoms with Crippen LogP contribution < -0.4 is 5.32 Å². The van der Waals surface area contributed by atoms with Crippen molar-refractivity contribution in [3.63, 3.8) is 0 Å². The Bertz CT molecular complexity index is 406. The lowest BCUT2D eigenvalue weighted by Crippen LogP contribution is -2.35. The summed E-state index contributed by atoms with van der Waals surface area (Å²) in [4.78, 5) is 4.61. The summed E-state index contributed by atoms with van der Waals surface area (Å²) in [6.07, 6.45) is 3.55. The van der Waals surface area contributed by atoms with E-state index in [0.29, 0.717) is 17.9 Å². The predicted molar refractivity (Wildman–Crippen MR) is 74.4 cm³/mol. The molecule has 2 aliphatic rings. The Balaban J connectivity index is 1.67. The molecule has 3 rings (SSSR count). The average molecular weight is 283 g/mol. The molecule has 1 aromatic heterocycles. The van der Waals surface area contributed by atoms with Gasteiger partial charge in [-0.15, -0.1) is 0 Å². The van der Waals surface area contributed by atoms with E-state index in [2.05, 4.69) is 22.4 Å². The average Bonchev–Trinajstić information content (AvgIpc) is 3.14. The Hall–Kier alpha value is -0.590. The Labute approximate surface area is 117 Å². The number of nitrogens with zero attached hydrogens (tertiary/aromatic N) is 2. The van der Waals surface area contributed by atoms with E-state index < -0.39 is 0 Å². The molecule has 0 radical (unpaired) electrons. The van der Waals surface area contributed by atoms with Crippen molar-refractivity contribution in [1.29, 1.82) is 0 Å². The normalized spacial score (nSPS) is 31.1. The second kappa shape index (κ2) is 6.24. The maximum absolute atomic E-state index is 5.56. The molecule has 2 aliphatic heterocycles. The highest BCUT2D eigenvalue weighted by atomic mass is 32.2. The molecule has 5 nitrogen and oxygen atoms in total. The van der Waals surface area contributed by atoms with Crippen LogP contribution in [0.25, 0.3) is 0 Å². The van der Waals surface area contributed by atoms with E-state index in [1.165, 1.54) is 18.6 Å². The van der Waals surface area contributed by atoms with Crippen molar-refractivity contribution in [3.8, 4) is 0 Å². The van der Waals surface area contributed by atoms with Gasteiger partial charge in [0.1, 0.15) is 0 Å². The number of hydrogen-bond acceptors (Lipinski definition) is 6. The number of aromatic nitrogens is 2. The molecule has 1 N–H and O–H groups in total. The summed E-state index contributed by atoms with van der Waals surface area (Å²) >= 11 is 1.93. The largest absolute Gasteiger partial charge is 0.379 e. The van der Waals surface area contributed by atoms with Crippen molar-refractivity contribution in [3.05, 3.63) is 11.7 Å². The molecule has 1 aromatic rings. The molecule has 0 amide bonds. The molecule has 2 fully saturated rings. The maximum Gasteiger partial charge on any atom is 0.233 e. The van der Waals surface area contributed by atoms with Gasteiger partial charge in [0.2, 0.25) is 5.89 Å². The van der Waals surface area contributed by atoms with Gasteiger partial charge in [-0.1, -0.05) is 12.1 Å². The smallest absolute Gasteiger partial charge is 0.233 e. The van der Waals surface area contributed by atoms with Gasteiger partial charge in [-0.25, -0.2) is 0 Å². The number of ether oxygens (including phenoxy) is 1. The number of thioether (sulfide) groups is 1. The quantitative estimate of drug-likeness (QED) is 0.893. The molecule has 19 heavy (non-hydrogen) atoms. The van der Waals surface area contributed by atoms with Gasteiger partial charge in [0.05, 0.1) is 24.4 Å². The summed E-state index contributed by atoms with van der Waals surface area (Å²) in [5.74, 6) is 3.04. The van der Waals surface area contributed by atoms with Crippen LogP contribution in [0.5, 0.6) is 0 Å². The minimum Gasteiger partial charge on any atom is -0.379 e. The van der Waals surface area contributed by atoms with Gasteiger partial charge in [-0.3, -0.25) is 0 Å². The van der Waals surface area contributed by atoms with Crippen LogP contribution in [-0.2, 0) is 4.74 Å². The lowest BCUT2D eigenvalue weighted by Gasteiger charge is -2.15. The first-order valence-corrected chi connectivity index (χ1v) is 8.19. The first-order chi connectivity index (χ1) is 9.38. The summed E-state index contributed by atoms with van der Waals surface area (Å²) < 4.78 is 11.0. The van der Waals surface area contributed by atoms with Crippen molar-refractivity contribution < 1.29 is 9.26 Å². The van der Waals surface area contributed by atoms with Crippen LogP contribution in [0.3, 0.4) is 0 Å². The van der Waals surface area contributed by atoms with Crippen molar-refractivity contribution in [2.24, 2.45) is 0 Å². The van der Waals surface area contributed by atoms with Crippen molar-refractivity contribution in [1.82, 2.24) is 15.5 Å². The summed E-state index contributed by atoms with van der Waals surface area (Å²) in [6.45, 7) is 4.59. The maximum atomic E-state index is 5.56. The van der Waals surface area contributed by atoms with Gasteiger partial charge in [0.15, 0.2) is 5.82 Å². The minimum absolute atomic E-state index is 0.208. The highest BCUT2D eigenvalue weighted by Crippen LogP contribution is 2.39. The van der Waals surface area contributed by atoms with E-state index in [-0.39, 0.29) is 5.92 Å². The lowest BCUT2D eigenvalue weighted by atomic mass is 10.0. The third-order valence-corrected chi connectivity index (χ3v) is 5.10. The zero-order valence-electron chi connectivity index (χ0n) is 11.3. The van der Waals surface area contributed by atoms with Gasteiger partial charge in [0.25, 0.3) is 0 Å². The molecule has 0 saturated carbocycles. The van der Waals surface area contributed by atoms with Crippen LogP contribution in [0.1, 0.15) is 49.1 Å². The highest BCUT2D eigenvalue weighted by Gasteiger charge is 2.34. The highest BCUT2D eigenvalue weighted by molar-refractivity contribution is 7.99. The molecule has 3 unspecified atom stereocenters. The summed E-state index contributed by atoms with van der Waals surface area (Å²) in [6, 6.07) is 0.310. The third kappa shape index (κ3) is 2.95. The zero-order valence-corrected chi connectivity index (χ0v) is 12.1. The Morgan fingerprint density at radius 1 is 1.42 bits per heavy atom. The zero-order chi connectivity index (χ0) is 13.1. The molecule has 106 valence electrons. The van der Waals surface area contributed by atoms with Gasteiger partial charge in [-0.2, -0.15) is 16.7 Å². The number of hydrogen-bond donors (Lipinski definition) is 1. The first kappa shape index (κ1) is 13.4. The van der Waals surface area contributed by atoms with Crippen LogP contribution in [0.15, 0.2) is 4.52 Å². The van der Waals surface area contributed by atoms with Gasteiger partial charge >= 0.3 is 0 Å². The fraction of sp³-hybridized carbons (Fsp3) is 0.846. The molecule has 0 aliphatic carbocycles. The van der Waals surface area contributed by atoms with Gasteiger partial charge in [0, 0.05) is 6.04 Å². The van der Waals surface area contributed by atoms with E-state index in [1.807, 2.05) is 11.8 Å². The lowest BCUT2D eigenvalue weighted by molar-refractivity contribution is 0.184. The van der Waals surface area contributed by atoms with Crippen LogP contribution in [0.4, 0.5) is 0 Å². The van der Waals surface area contributed by atoms with Gasteiger partial charge < -0.3 is 14.6 Å². The topological polar surface area (TPSA) is 60.2 Å². The van der Waals surface area contributed by atoms with Crippen LogP contribution in [0.2, 0.25) is 0 Å². The fourth-order valence-electron chi connectivity index (χ4n) is 2.64. The summed E-state index contributed by atoms with van der Waals surface area (Å²) in [7, 11) is 0. The Kier molecular flexibility index (Phi) is 4.40. The van der Waals surface area contributed by atoms with Crippen LogP contribution in [0, 0.1) is 0 Å². The molecule has 0 spiro atoms. The molecule has 3 atom stereocenters. The third-order valence-electron chi connectivity index (χ3n) is 3.73. The Morgan fingerprint density at radius 3 is 3.16 bits per heavy atom. The van der Waals surface area contributed by atoms with E-state index >= 15 is 0 Å². The predicted octanol–water partition coefficient (Wildman–Crippen LogP) is 2.12. The van der Waals surface area contributed by atoms with Crippen molar-refractivity contribution >= 4 is 11.8 Å². The SMILES string of the molecule is CCCNC1COCC1c1nc(C2CCCS2)no1. The monoisotopic (exact) mass is 283 g/mol. The number of rotatable bonds is 5. The number of nitrogens with one attached hydrogen (secondary N) is 1. The summed E-state index contributed by atoms with van der Waals surface area (Å²) in [5, 5.41) is 8.10. The molecule has 0 aromatic carbocycles. The standard InChI is InChI=1S/C13H21N3O2S/c1-2-5-14-10-8-17-7-9(10)13-15-12(16-18-13)11-4-3-6-19-11/h9-11,14H,2-8H2,1H3. The van der Waals surface area contributed by atoms with Crippen LogP contribution >= 0.6 is 11.8 Å². The van der Waals surface area contributed by atoms with E-state index in [0.717, 1.165) is 31.3 Å². The fourth-order valence-corrected chi connectivity index (χ4v) is 3.83. The molecular formula is C13H21N3O2S. The van der Waals surface area contributed by atoms with Crippen molar-refractivity contribution in [2.45, 2.75) is 43.4 Å². The molecule has 0 bridgehead atoms. The van der Waals surface area contributed by atoms with Crippen molar-refractivity contribution in [2.75, 3.05) is 25.5 Å². The minimum atomic E-state index is 0.208. The van der Waals surface area contributed by atoms with E-state index in [4.69, 9.17) is 9.26 Å². The molecule has 2 saturated heterocycles. The van der Waals surface area contributed by atoms with E-state index in [9.17, 15) is 0 Å². The first-order valence-electron chi connectivity index (χ1n) is 7.14. The van der Waals surface area contributed by atoms with Gasteiger partial charge in [-0.05, 0) is 31.6 Å². The Morgan fingerprint density at radius 2 is 2.37 bits per heavy atom. The molecular weight excluding hydrogens is 262 g/mol. The van der Waals surface area contributed by atoms with Crippen LogP contribution in [-0.4, -0.2) is 41.7 Å². The second-order valence-electron chi connectivity index (χ2n) is 5.20. The van der Waals surface area contributed by atoms with E-state index in [1.54, 1.807) is 0 Å². The second-order valence-corrected chi connectivity index (χ2v) is 6.51.